The van der Waals surface area contributed by atoms with Gasteiger partial charge < -0.3 is 0 Å². The smallest absolute Gasteiger partial charge is 0.199 e. The average molecular weight is 262 g/mol. The van der Waals surface area contributed by atoms with Crippen molar-refractivity contribution in [3.8, 4) is 0 Å². The SMILES string of the molecule is O=S(=O)(C=Cc1ccccc1)c1ccc(F)cc1. The predicted molar refractivity (Wildman–Crippen MR) is 69.1 cm³/mol. The molecule has 0 unspecified atom stereocenters. The summed E-state index contributed by atoms with van der Waals surface area (Å²) >= 11 is 0. The molecule has 0 heterocycles. The topological polar surface area (TPSA) is 34.1 Å². The second-order valence-corrected chi connectivity index (χ2v) is 5.55. The van der Waals surface area contributed by atoms with Gasteiger partial charge in [-0.2, -0.15) is 0 Å². The zero-order chi connectivity index (χ0) is 13.0. The fourth-order valence-electron chi connectivity index (χ4n) is 1.44. The van der Waals surface area contributed by atoms with Crippen LogP contribution in [0, 0.1) is 5.82 Å². The van der Waals surface area contributed by atoms with Gasteiger partial charge in [0, 0.05) is 5.41 Å². The molecule has 92 valence electrons. The van der Waals surface area contributed by atoms with Crippen LogP contribution in [0.1, 0.15) is 5.56 Å². The van der Waals surface area contributed by atoms with E-state index >= 15 is 0 Å². The first-order valence-corrected chi connectivity index (χ1v) is 6.86. The first-order chi connectivity index (χ1) is 8.58. The minimum Gasteiger partial charge on any atom is -0.219 e. The molecule has 0 atom stereocenters. The van der Waals surface area contributed by atoms with Gasteiger partial charge in [0.25, 0.3) is 0 Å². The maximum Gasteiger partial charge on any atom is 0.199 e. The number of halogens is 1. The molecule has 2 nitrogen and oxygen atoms in total. The summed E-state index contributed by atoms with van der Waals surface area (Å²) in [6.45, 7) is 0. The maximum absolute atomic E-state index is 12.7. The van der Waals surface area contributed by atoms with E-state index < -0.39 is 15.7 Å². The summed E-state index contributed by atoms with van der Waals surface area (Å²) < 4.78 is 36.5. The summed E-state index contributed by atoms with van der Waals surface area (Å²) in [6.07, 6.45) is 1.51. The van der Waals surface area contributed by atoms with Crippen LogP contribution in [-0.2, 0) is 9.84 Å². The lowest BCUT2D eigenvalue weighted by molar-refractivity contribution is 0.603. The zero-order valence-electron chi connectivity index (χ0n) is 9.45. The van der Waals surface area contributed by atoms with Crippen molar-refractivity contribution in [3.05, 3.63) is 71.4 Å². The molecule has 2 aromatic rings. The Kier molecular flexibility index (Phi) is 3.58. The van der Waals surface area contributed by atoms with E-state index in [1.165, 1.54) is 18.2 Å². The van der Waals surface area contributed by atoms with Crippen molar-refractivity contribution in [2.45, 2.75) is 4.90 Å². The lowest BCUT2D eigenvalue weighted by Crippen LogP contribution is -1.95. The summed E-state index contributed by atoms with van der Waals surface area (Å²) in [4.78, 5) is 0.0797. The molecule has 0 amide bonds. The predicted octanol–water partition coefficient (Wildman–Crippen LogP) is 3.27. The van der Waals surface area contributed by atoms with Crippen molar-refractivity contribution in [1.29, 1.82) is 0 Å². The quantitative estimate of drug-likeness (QED) is 0.795. The summed E-state index contributed by atoms with van der Waals surface area (Å²) in [7, 11) is -3.52. The van der Waals surface area contributed by atoms with Gasteiger partial charge in [-0.3, -0.25) is 0 Å². The molecule has 2 rings (SSSR count). The molecular weight excluding hydrogens is 251 g/mol. The molecular formula is C14H11FO2S. The third-order valence-electron chi connectivity index (χ3n) is 2.38. The first-order valence-electron chi connectivity index (χ1n) is 5.32. The molecule has 0 aliphatic rings. The van der Waals surface area contributed by atoms with E-state index in [1.54, 1.807) is 12.1 Å². The Hall–Kier alpha value is -1.94. The average Bonchev–Trinajstić information content (AvgIpc) is 2.38. The van der Waals surface area contributed by atoms with Crippen molar-refractivity contribution < 1.29 is 12.8 Å². The molecule has 0 aromatic heterocycles. The molecule has 0 spiro atoms. The number of hydrogen-bond donors (Lipinski definition) is 0. The van der Waals surface area contributed by atoms with Gasteiger partial charge in [0.2, 0.25) is 0 Å². The number of hydrogen-bond acceptors (Lipinski definition) is 2. The third kappa shape index (κ3) is 3.05. The fraction of sp³-hybridized carbons (Fsp3) is 0. The van der Waals surface area contributed by atoms with E-state index in [1.807, 2.05) is 18.2 Å². The summed E-state index contributed by atoms with van der Waals surface area (Å²) in [5.41, 5.74) is 0.795. The highest BCUT2D eigenvalue weighted by Gasteiger charge is 2.09. The van der Waals surface area contributed by atoms with Crippen LogP contribution >= 0.6 is 0 Å². The van der Waals surface area contributed by atoms with Crippen molar-refractivity contribution >= 4 is 15.9 Å². The van der Waals surface area contributed by atoms with Crippen LogP contribution in [0.2, 0.25) is 0 Å². The van der Waals surface area contributed by atoms with Crippen LogP contribution in [0.3, 0.4) is 0 Å². The van der Waals surface area contributed by atoms with Crippen LogP contribution < -0.4 is 0 Å². The molecule has 2 aromatic carbocycles. The Labute approximate surface area is 105 Å². The molecule has 0 aliphatic carbocycles. The molecule has 0 fully saturated rings. The van der Waals surface area contributed by atoms with Crippen molar-refractivity contribution in [1.82, 2.24) is 0 Å². The van der Waals surface area contributed by atoms with Gasteiger partial charge in [-0.05, 0) is 35.9 Å². The van der Waals surface area contributed by atoms with Gasteiger partial charge in [-0.15, -0.1) is 0 Å². The Bertz CT molecular complexity index is 644. The lowest BCUT2D eigenvalue weighted by Gasteiger charge is -1.98. The second-order valence-electron chi connectivity index (χ2n) is 3.71. The van der Waals surface area contributed by atoms with E-state index in [9.17, 15) is 12.8 Å². The fourth-order valence-corrected chi connectivity index (χ4v) is 2.44. The number of benzene rings is 2. The van der Waals surface area contributed by atoms with Crippen molar-refractivity contribution in [2.24, 2.45) is 0 Å². The van der Waals surface area contributed by atoms with Gasteiger partial charge in [0.05, 0.1) is 4.90 Å². The van der Waals surface area contributed by atoms with E-state index in [2.05, 4.69) is 0 Å². The van der Waals surface area contributed by atoms with Crippen LogP contribution in [0.25, 0.3) is 6.08 Å². The third-order valence-corrected chi connectivity index (χ3v) is 3.81. The molecule has 0 radical (unpaired) electrons. The maximum atomic E-state index is 12.7. The highest BCUT2D eigenvalue weighted by molar-refractivity contribution is 7.94. The Balaban J connectivity index is 2.28. The van der Waals surface area contributed by atoms with Crippen LogP contribution in [-0.4, -0.2) is 8.42 Å². The molecule has 0 N–H and O–H groups in total. The molecule has 0 saturated carbocycles. The second kappa shape index (κ2) is 5.14. The number of sulfone groups is 1. The summed E-state index contributed by atoms with van der Waals surface area (Å²) in [5, 5.41) is 1.12. The lowest BCUT2D eigenvalue weighted by atomic mass is 10.2. The minimum atomic E-state index is -3.52. The number of rotatable bonds is 3. The molecule has 0 aliphatic heterocycles. The Morgan fingerprint density at radius 2 is 1.50 bits per heavy atom. The highest BCUT2D eigenvalue weighted by Crippen LogP contribution is 2.14. The van der Waals surface area contributed by atoms with Crippen LogP contribution in [0.15, 0.2) is 64.9 Å². The Morgan fingerprint density at radius 1 is 0.889 bits per heavy atom. The molecule has 18 heavy (non-hydrogen) atoms. The standard InChI is InChI=1S/C14H11FO2S/c15-13-6-8-14(9-7-13)18(16,17)11-10-12-4-2-1-3-5-12/h1-11H. The summed E-state index contributed by atoms with van der Waals surface area (Å²) in [6, 6.07) is 13.9. The van der Waals surface area contributed by atoms with Crippen LogP contribution in [0.5, 0.6) is 0 Å². The molecule has 0 bridgehead atoms. The van der Waals surface area contributed by atoms with E-state index in [0.717, 1.165) is 23.1 Å². The van der Waals surface area contributed by atoms with Gasteiger partial charge in [-0.25, -0.2) is 12.8 Å². The first kappa shape index (κ1) is 12.5. The van der Waals surface area contributed by atoms with Gasteiger partial charge in [-0.1, -0.05) is 30.3 Å². The minimum absolute atomic E-state index is 0.0797. The van der Waals surface area contributed by atoms with Gasteiger partial charge in [0.15, 0.2) is 9.84 Å². The van der Waals surface area contributed by atoms with Gasteiger partial charge in [0.1, 0.15) is 5.82 Å². The zero-order valence-corrected chi connectivity index (χ0v) is 10.3. The van der Waals surface area contributed by atoms with E-state index in [4.69, 9.17) is 0 Å². The molecule has 4 heteroatoms. The van der Waals surface area contributed by atoms with Crippen LogP contribution in [0.4, 0.5) is 4.39 Å². The monoisotopic (exact) mass is 262 g/mol. The normalized spacial score (nSPS) is 11.8. The van der Waals surface area contributed by atoms with Crippen molar-refractivity contribution in [3.63, 3.8) is 0 Å². The highest BCUT2D eigenvalue weighted by atomic mass is 32.2. The van der Waals surface area contributed by atoms with Gasteiger partial charge >= 0.3 is 0 Å². The van der Waals surface area contributed by atoms with E-state index in [-0.39, 0.29) is 4.90 Å². The summed E-state index contributed by atoms with van der Waals surface area (Å²) in [5.74, 6) is -0.457. The van der Waals surface area contributed by atoms with E-state index in [0.29, 0.717) is 0 Å². The molecule has 0 saturated heterocycles. The Morgan fingerprint density at radius 3 is 2.11 bits per heavy atom. The largest absolute Gasteiger partial charge is 0.219 e. The van der Waals surface area contributed by atoms with Crippen molar-refractivity contribution in [2.75, 3.05) is 0 Å².